The van der Waals surface area contributed by atoms with Crippen LogP contribution in [-0.4, -0.2) is 23.1 Å². The minimum absolute atomic E-state index is 0.00246. The number of hydrogen-bond acceptors (Lipinski definition) is 5. The zero-order valence-corrected chi connectivity index (χ0v) is 15.6. The number of carboxylic acids is 1. The van der Waals surface area contributed by atoms with Crippen LogP contribution >= 0.6 is 23.8 Å². The number of thiocarbonyl (C=S) groups is 1. The Labute approximate surface area is 161 Å². The first-order chi connectivity index (χ1) is 12.3. The molecule has 0 fully saturated rings. The molecule has 0 spiro atoms. The first-order valence-electron chi connectivity index (χ1n) is 7.66. The summed E-state index contributed by atoms with van der Waals surface area (Å²) in [6, 6.07) is 10.8. The minimum Gasteiger partial charge on any atom is -0.545 e. The number of carbonyl (C=O) groups excluding carboxylic acids is 2. The summed E-state index contributed by atoms with van der Waals surface area (Å²) in [4.78, 5) is 23.1. The molecule has 2 rings (SSSR count). The average molecular weight is 392 g/mol. The third-order valence-electron chi connectivity index (χ3n) is 3.14. The maximum Gasteiger partial charge on any atom is 0.257 e. The van der Waals surface area contributed by atoms with E-state index < -0.39 is 11.9 Å². The Balaban J connectivity index is 2.02. The van der Waals surface area contributed by atoms with Gasteiger partial charge in [-0.15, -0.1) is 0 Å². The summed E-state index contributed by atoms with van der Waals surface area (Å²) in [5, 5.41) is 16.2. The number of carbonyl (C=O) groups is 2. The van der Waals surface area contributed by atoms with Crippen molar-refractivity contribution in [1.82, 2.24) is 5.32 Å². The van der Waals surface area contributed by atoms with Crippen LogP contribution in [0.2, 0.25) is 5.02 Å². The Bertz CT molecular complexity index is 855. The van der Waals surface area contributed by atoms with Crippen molar-refractivity contribution in [2.24, 2.45) is 0 Å². The highest BCUT2D eigenvalue weighted by atomic mass is 35.5. The lowest BCUT2D eigenvalue weighted by Crippen LogP contribution is -2.34. The average Bonchev–Trinajstić information content (AvgIpc) is 2.54. The van der Waals surface area contributed by atoms with E-state index in [9.17, 15) is 14.7 Å². The van der Waals surface area contributed by atoms with Gasteiger partial charge in [-0.2, -0.15) is 0 Å². The van der Waals surface area contributed by atoms with Gasteiger partial charge >= 0.3 is 0 Å². The lowest BCUT2D eigenvalue weighted by molar-refractivity contribution is -0.255. The molecule has 2 aromatic carbocycles. The fourth-order valence-corrected chi connectivity index (χ4v) is 2.55. The second-order valence-electron chi connectivity index (χ2n) is 5.58. The highest BCUT2D eigenvalue weighted by Gasteiger charge is 2.10. The minimum atomic E-state index is -1.37. The predicted octanol–water partition coefficient (Wildman–Crippen LogP) is 2.62. The van der Waals surface area contributed by atoms with E-state index in [2.05, 4.69) is 10.6 Å². The summed E-state index contributed by atoms with van der Waals surface area (Å²) in [5.41, 5.74) is 0.689. The largest absolute Gasteiger partial charge is 0.545 e. The number of amides is 1. The summed E-state index contributed by atoms with van der Waals surface area (Å²) < 4.78 is 5.55. The van der Waals surface area contributed by atoms with Gasteiger partial charge in [0.1, 0.15) is 5.75 Å². The summed E-state index contributed by atoms with van der Waals surface area (Å²) in [6.07, 6.45) is -0.00947. The molecule has 0 aliphatic rings. The number of benzene rings is 2. The first-order valence-corrected chi connectivity index (χ1v) is 8.45. The molecule has 0 aliphatic heterocycles. The van der Waals surface area contributed by atoms with E-state index in [0.717, 1.165) is 0 Å². The van der Waals surface area contributed by atoms with Crippen molar-refractivity contribution in [3.05, 3.63) is 58.6 Å². The summed E-state index contributed by atoms with van der Waals surface area (Å²) in [6.45, 7) is 3.78. The third kappa shape index (κ3) is 5.44. The number of anilines is 1. The van der Waals surface area contributed by atoms with Crippen LogP contribution in [0, 0.1) is 0 Å². The topological polar surface area (TPSA) is 90.5 Å². The van der Waals surface area contributed by atoms with E-state index in [4.69, 9.17) is 28.6 Å². The molecule has 0 atom stereocenters. The molecule has 2 N–H and O–H groups in total. The number of carboxylic acid groups (broad SMARTS) is 1. The molecule has 26 heavy (non-hydrogen) atoms. The summed E-state index contributed by atoms with van der Waals surface area (Å²) in [7, 11) is 0. The highest BCUT2D eigenvalue weighted by Crippen LogP contribution is 2.20. The summed E-state index contributed by atoms with van der Waals surface area (Å²) in [5.74, 6) is -1.20. The quantitative estimate of drug-likeness (QED) is 0.761. The number of hydrogen-bond donors (Lipinski definition) is 2. The molecule has 0 bridgehead atoms. The van der Waals surface area contributed by atoms with E-state index in [0.29, 0.717) is 17.0 Å². The molecule has 0 saturated heterocycles. The van der Waals surface area contributed by atoms with Crippen LogP contribution in [-0.2, 0) is 0 Å². The molecule has 0 heterocycles. The van der Waals surface area contributed by atoms with Crippen LogP contribution in [0.25, 0.3) is 0 Å². The van der Waals surface area contributed by atoms with Gasteiger partial charge in [-0.05, 0) is 62.5 Å². The Hall–Kier alpha value is -2.64. The lowest BCUT2D eigenvalue weighted by atomic mass is 10.2. The second kappa shape index (κ2) is 8.64. The van der Waals surface area contributed by atoms with Crippen molar-refractivity contribution in [3.63, 3.8) is 0 Å². The molecule has 0 saturated carbocycles. The van der Waals surface area contributed by atoms with Gasteiger partial charge in [0.05, 0.1) is 17.1 Å². The molecule has 0 radical (unpaired) electrons. The monoisotopic (exact) mass is 391 g/mol. The standard InChI is InChI=1S/C18H17ClN2O4S/c1-10(2)25-13-5-3-4-11(8-13)16(22)21-18(26)20-12-6-7-14(17(23)24)15(19)9-12/h3-10H,1-2H3,(H,23,24)(H2,20,21,22,26)/p-1. The van der Waals surface area contributed by atoms with Gasteiger partial charge in [0.2, 0.25) is 0 Å². The van der Waals surface area contributed by atoms with Gasteiger partial charge in [0, 0.05) is 16.8 Å². The Morgan fingerprint density at radius 2 is 1.92 bits per heavy atom. The SMILES string of the molecule is CC(C)Oc1cccc(C(=O)NC(=S)Nc2ccc(C(=O)[O-])c(Cl)c2)c1. The zero-order valence-electron chi connectivity index (χ0n) is 14.0. The van der Waals surface area contributed by atoms with Gasteiger partial charge < -0.3 is 20.0 Å². The molecule has 1 amide bonds. The molecule has 6 nitrogen and oxygen atoms in total. The molecule has 136 valence electrons. The van der Waals surface area contributed by atoms with E-state index in [-0.39, 0.29) is 21.8 Å². The van der Waals surface area contributed by atoms with Gasteiger partial charge in [-0.1, -0.05) is 17.7 Å². The molecule has 2 aromatic rings. The number of rotatable bonds is 5. The molecule has 8 heteroatoms. The van der Waals surface area contributed by atoms with E-state index in [1.54, 1.807) is 24.3 Å². The van der Waals surface area contributed by atoms with Gasteiger partial charge in [0.15, 0.2) is 5.11 Å². The van der Waals surface area contributed by atoms with Crippen LogP contribution in [0.5, 0.6) is 5.75 Å². The number of nitrogens with one attached hydrogen (secondary N) is 2. The van der Waals surface area contributed by atoms with Crippen molar-refractivity contribution in [1.29, 1.82) is 0 Å². The molecule has 0 aliphatic carbocycles. The van der Waals surface area contributed by atoms with Crippen molar-refractivity contribution in [2.75, 3.05) is 5.32 Å². The predicted molar refractivity (Wildman–Crippen MR) is 102 cm³/mol. The first kappa shape index (κ1) is 19.7. The lowest BCUT2D eigenvalue weighted by Gasteiger charge is -2.13. The maximum atomic E-state index is 12.3. The van der Waals surface area contributed by atoms with Crippen molar-refractivity contribution in [2.45, 2.75) is 20.0 Å². The molecule has 0 aromatic heterocycles. The molecule has 0 unspecified atom stereocenters. The summed E-state index contributed by atoms with van der Waals surface area (Å²) >= 11 is 11.0. The van der Waals surface area contributed by atoms with E-state index >= 15 is 0 Å². The van der Waals surface area contributed by atoms with Crippen LogP contribution in [0.3, 0.4) is 0 Å². The van der Waals surface area contributed by atoms with E-state index in [1.807, 2.05) is 13.8 Å². The Morgan fingerprint density at radius 3 is 2.54 bits per heavy atom. The second-order valence-corrected chi connectivity index (χ2v) is 6.40. The fourth-order valence-electron chi connectivity index (χ4n) is 2.08. The van der Waals surface area contributed by atoms with Crippen LogP contribution in [0.15, 0.2) is 42.5 Å². The third-order valence-corrected chi connectivity index (χ3v) is 3.66. The smallest absolute Gasteiger partial charge is 0.257 e. The van der Waals surface area contributed by atoms with Crippen molar-refractivity contribution in [3.8, 4) is 5.75 Å². The zero-order chi connectivity index (χ0) is 19.3. The molecular formula is C18H16ClN2O4S-. The number of ether oxygens (including phenoxy) is 1. The maximum absolute atomic E-state index is 12.3. The van der Waals surface area contributed by atoms with Crippen LogP contribution in [0.4, 0.5) is 5.69 Å². The van der Waals surface area contributed by atoms with Crippen LogP contribution in [0.1, 0.15) is 34.6 Å². The Kier molecular flexibility index (Phi) is 6.54. The van der Waals surface area contributed by atoms with Crippen molar-refractivity contribution >= 4 is 46.5 Å². The number of aromatic carboxylic acids is 1. The Morgan fingerprint density at radius 1 is 1.19 bits per heavy atom. The molecular weight excluding hydrogens is 376 g/mol. The normalized spacial score (nSPS) is 10.3. The fraction of sp³-hybridized carbons (Fsp3) is 0.167. The van der Waals surface area contributed by atoms with Gasteiger partial charge in [-0.3, -0.25) is 10.1 Å². The van der Waals surface area contributed by atoms with E-state index in [1.165, 1.54) is 18.2 Å². The number of halogens is 1. The van der Waals surface area contributed by atoms with Crippen LogP contribution < -0.4 is 20.5 Å². The van der Waals surface area contributed by atoms with Gasteiger partial charge in [0.25, 0.3) is 5.91 Å². The van der Waals surface area contributed by atoms with Crippen molar-refractivity contribution < 1.29 is 19.4 Å². The highest BCUT2D eigenvalue weighted by molar-refractivity contribution is 7.80. The van der Waals surface area contributed by atoms with Gasteiger partial charge in [-0.25, -0.2) is 0 Å².